The Bertz CT molecular complexity index is 1260. The summed E-state index contributed by atoms with van der Waals surface area (Å²) in [6, 6.07) is 9.81. The second kappa shape index (κ2) is 8.29. The lowest BCUT2D eigenvalue weighted by atomic mass is 10.2. The van der Waals surface area contributed by atoms with Crippen LogP contribution in [0.1, 0.15) is 29.4 Å². The molecule has 0 unspecified atom stereocenters. The second-order valence-electron chi connectivity index (χ2n) is 6.78. The molecule has 3 aromatic heterocycles. The van der Waals surface area contributed by atoms with Gasteiger partial charge in [0.1, 0.15) is 0 Å². The van der Waals surface area contributed by atoms with Crippen molar-refractivity contribution in [1.82, 2.24) is 29.5 Å². The largest absolute Gasteiger partial charge is 0.480 e. The van der Waals surface area contributed by atoms with E-state index in [0.29, 0.717) is 16.7 Å². The van der Waals surface area contributed by atoms with Crippen molar-refractivity contribution < 1.29 is 22.7 Å². The first kappa shape index (κ1) is 21.3. The molecule has 1 amide bonds. The fourth-order valence-electron chi connectivity index (χ4n) is 3.29. The van der Waals surface area contributed by atoms with Crippen LogP contribution in [0.25, 0.3) is 16.9 Å². The molecule has 4 rings (SSSR count). The zero-order valence-corrected chi connectivity index (χ0v) is 17.1. The summed E-state index contributed by atoms with van der Waals surface area (Å²) in [5.74, 6) is -0.918. The summed E-state index contributed by atoms with van der Waals surface area (Å²) < 4.78 is 48.9. The molecule has 0 saturated heterocycles. The molecule has 0 saturated carbocycles. The molecule has 32 heavy (non-hydrogen) atoms. The van der Waals surface area contributed by atoms with Crippen LogP contribution in [-0.4, -0.2) is 42.5 Å². The number of halogens is 3. The van der Waals surface area contributed by atoms with Crippen molar-refractivity contribution in [2.45, 2.75) is 26.1 Å². The van der Waals surface area contributed by atoms with Gasteiger partial charge in [0.2, 0.25) is 11.8 Å². The molecular formula is C20H18F3N7O2. The number of benzene rings is 1. The van der Waals surface area contributed by atoms with Crippen molar-refractivity contribution in [3.8, 4) is 11.7 Å². The maximum absolute atomic E-state index is 13.9. The van der Waals surface area contributed by atoms with E-state index in [2.05, 4.69) is 25.6 Å². The maximum Gasteiger partial charge on any atom is 0.434 e. The number of hydrogen-bond acceptors (Lipinski definition) is 6. The number of carbonyl (C=O) groups is 1. The SMILES string of the molecule is CCCn1c(NC(=O)c2cnn(-c3ccc(OC)nn3)c2C(F)(F)F)nc2ccccc21. The summed E-state index contributed by atoms with van der Waals surface area (Å²) in [6.07, 6.45) is -3.30. The number of hydrogen-bond donors (Lipinski definition) is 1. The number of rotatable bonds is 6. The smallest absolute Gasteiger partial charge is 0.434 e. The molecule has 0 atom stereocenters. The van der Waals surface area contributed by atoms with E-state index < -0.39 is 23.3 Å². The molecule has 9 nitrogen and oxygen atoms in total. The lowest BCUT2D eigenvalue weighted by Gasteiger charge is -2.12. The maximum atomic E-state index is 13.9. The average molecular weight is 445 g/mol. The van der Waals surface area contributed by atoms with E-state index in [4.69, 9.17) is 4.74 Å². The molecule has 0 radical (unpaired) electrons. The summed E-state index contributed by atoms with van der Waals surface area (Å²) in [6.45, 7) is 2.48. The number of amides is 1. The van der Waals surface area contributed by atoms with Crippen molar-refractivity contribution in [2.75, 3.05) is 12.4 Å². The van der Waals surface area contributed by atoms with E-state index in [1.54, 1.807) is 16.7 Å². The number of para-hydroxylation sites is 2. The van der Waals surface area contributed by atoms with Gasteiger partial charge in [0.15, 0.2) is 11.5 Å². The van der Waals surface area contributed by atoms with Gasteiger partial charge >= 0.3 is 6.18 Å². The predicted molar refractivity (Wildman–Crippen MR) is 109 cm³/mol. The van der Waals surface area contributed by atoms with Crippen LogP contribution in [0.15, 0.2) is 42.6 Å². The van der Waals surface area contributed by atoms with E-state index in [0.717, 1.165) is 18.1 Å². The topological polar surface area (TPSA) is 99.8 Å². The molecule has 0 bridgehead atoms. The fraction of sp³-hybridized carbons (Fsp3) is 0.250. The minimum atomic E-state index is -4.88. The highest BCUT2D eigenvalue weighted by Gasteiger charge is 2.41. The molecule has 3 heterocycles. The van der Waals surface area contributed by atoms with E-state index in [9.17, 15) is 18.0 Å². The highest BCUT2D eigenvalue weighted by atomic mass is 19.4. The number of alkyl halides is 3. The van der Waals surface area contributed by atoms with Crippen LogP contribution in [0.3, 0.4) is 0 Å². The van der Waals surface area contributed by atoms with Gasteiger partial charge in [-0.05, 0) is 24.6 Å². The number of carbonyl (C=O) groups excluding carboxylic acids is 1. The Balaban J connectivity index is 1.74. The molecule has 0 aliphatic heterocycles. The predicted octanol–water partition coefficient (Wildman–Crippen LogP) is 3.70. The minimum absolute atomic E-state index is 0.127. The lowest BCUT2D eigenvalue weighted by Crippen LogP contribution is -2.22. The molecule has 12 heteroatoms. The van der Waals surface area contributed by atoms with Crippen LogP contribution in [0.2, 0.25) is 0 Å². The third kappa shape index (κ3) is 3.86. The highest BCUT2D eigenvalue weighted by molar-refractivity contribution is 6.05. The van der Waals surface area contributed by atoms with Gasteiger partial charge in [0, 0.05) is 12.6 Å². The summed E-state index contributed by atoms with van der Waals surface area (Å²) in [5.41, 5.74) is -0.542. The molecule has 1 N–H and O–H groups in total. The first-order valence-corrected chi connectivity index (χ1v) is 9.63. The molecule has 0 spiro atoms. The first-order valence-electron chi connectivity index (χ1n) is 9.63. The van der Waals surface area contributed by atoms with Gasteiger partial charge in [0.05, 0.1) is 29.9 Å². The molecule has 1 aromatic carbocycles. The third-order valence-electron chi connectivity index (χ3n) is 4.66. The molecule has 0 fully saturated rings. The number of aromatic nitrogens is 6. The Morgan fingerprint density at radius 2 is 1.94 bits per heavy atom. The summed E-state index contributed by atoms with van der Waals surface area (Å²) in [4.78, 5) is 17.2. The van der Waals surface area contributed by atoms with E-state index in [-0.39, 0.29) is 17.6 Å². The quantitative estimate of drug-likeness (QED) is 0.486. The first-order chi connectivity index (χ1) is 15.3. The third-order valence-corrected chi connectivity index (χ3v) is 4.66. The van der Waals surface area contributed by atoms with Crippen LogP contribution in [0, 0.1) is 0 Å². The van der Waals surface area contributed by atoms with Crippen LogP contribution in [0.5, 0.6) is 5.88 Å². The van der Waals surface area contributed by atoms with Crippen molar-refractivity contribution >= 4 is 22.9 Å². The van der Waals surface area contributed by atoms with Crippen molar-refractivity contribution in [3.05, 3.63) is 53.9 Å². The van der Waals surface area contributed by atoms with Gasteiger partial charge < -0.3 is 9.30 Å². The number of methoxy groups -OCH3 is 1. The second-order valence-corrected chi connectivity index (χ2v) is 6.78. The number of nitrogens with zero attached hydrogens (tertiary/aromatic N) is 6. The number of anilines is 1. The molecular weight excluding hydrogens is 427 g/mol. The Hall–Kier alpha value is -3.96. The summed E-state index contributed by atoms with van der Waals surface area (Å²) >= 11 is 0. The zero-order chi connectivity index (χ0) is 22.9. The van der Waals surface area contributed by atoms with Gasteiger partial charge in [-0.15, -0.1) is 10.2 Å². The van der Waals surface area contributed by atoms with Crippen LogP contribution in [-0.2, 0) is 12.7 Å². The van der Waals surface area contributed by atoms with Gasteiger partial charge in [-0.25, -0.2) is 9.67 Å². The van der Waals surface area contributed by atoms with Gasteiger partial charge in [-0.1, -0.05) is 19.1 Å². The number of fused-ring (bicyclic) bond motifs is 1. The van der Waals surface area contributed by atoms with E-state index in [1.807, 2.05) is 19.1 Å². The lowest BCUT2D eigenvalue weighted by molar-refractivity contribution is -0.143. The number of ether oxygens (including phenoxy) is 1. The highest BCUT2D eigenvalue weighted by Crippen LogP contribution is 2.34. The Morgan fingerprint density at radius 3 is 2.59 bits per heavy atom. The standard InChI is InChI=1S/C20H18F3N7O2/c1-3-10-29-14-7-5-4-6-13(14)25-19(29)26-18(31)12-11-24-30(17(12)20(21,22)23)15-8-9-16(32-2)28-27-15/h4-9,11H,3,10H2,1-2H3,(H,25,26,31). The molecule has 4 aromatic rings. The van der Waals surface area contributed by atoms with E-state index >= 15 is 0 Å². The zero-order valence-electron chi connectivity index (χ0n) is 17.1. The van der Waals surface area contributed by atoms with Crippen LogP contribution in [0.4, 0.5) is 19.1 Å². The number of nitrogens with one attached hydrogen (secondary N) is 1. The minimum Gasteiger partial charge on any atom is -0.480 e. The van der Waals surface area contributed by atoms with Gasteiger partial charge in [-0.2, -0.15) is 18.3 Å². The average Bonchev–Trinajstić information content (AvgIpc) is 3.37. The number of aryl methyl sites for hydroxylation is 1. The normalized spacial score (nSPS) is 11.7. The molecule has 0 aliphatic rings. The van der Waals surface area contributed by atoms with Crippen LogP contribution >= 0.6 is 0 Å². The molecule has 0 aliphatic carbocycles. The molecule has 166 valence electrons. The van der Waals surface area contributed by atoms with Crippen LogP contribution < -0.4 is 10.1 Å². The van der Waals surface area contributed by atoms with Crippen molar-refractivity contribution in [2.24, 2.45) is 0 Å². The van der Waals surface area contributed by atoms with E-state index in [1.165, 1.54) is 19.2 Å². The van der Waals surface area contributed by atoms with Crippen molar-refractivity contribution in [1.29, 1.82) is 0 Å². The Labute approximate surface area is 179 Å². The Kier molecular flexibility index (Phi) is 5.51. The van der Waals surface area contributed by atoms with Gasteiger partial charge in [0.25, 0.3) is 5.91 Å². The van der Waals surface area contributed by atoms with Crippen molar-refractivity contribution in [3.63, 3.8) is 0 Å². The van der Waals surface area contributed by atoms with Gasteiger partial charge in [-0.3, -0.25) is 10.1 Å². The monoisotopic (exact) mass is 445 g/mol. The Morgan fingerprint density at radius 1 is 1.16 bits per heavy atom. The summed E-state index contributed by atoms with van der Waals surface area (Å²) in [7, 11) is 1.35. The number of imidazole rings is 1. The fourth-order valence-corrected chi connectivity index (χ4v) is 3.29. The summed E-state index contributed by atoms with van der Waals surface area (Å²) in [5, 5.41) is 13.6.